The van der Waals surface area contributed by atoms with Crippen LogP contribution in [0.4, 0.5) is 0 Å². The number of hydrogen-bond acceptors (Lipinski definition) is 3. The van der Waals surface area contributed by atoms with E-state index >= 15 is 0 Å². The largest absolute Gasteiger partial charge is 0.474 e. The van der Waals surface area contributed by atoms with E-state index in [-0.39, 0.29) is 5.91 Å². The molecule has 1 heterocycles. The van der Waals surface area contributed by atoms with Gasteiger partial charge >= 0.3 is 7.05 Å². The van der Waals surface area contributed by atoms with Crippen LogP contribution < -0.4 is 0 Å². The van der Waals surface area contributed by atoms with Gasteiger partial charge in [-0.3, -0.25) is 4.79 Å². The molecule has 0 atom stereocenters. The summed E-state index contributed by atoms with van der Waals surface area (Å²) in [6.45, 7) is 10.7. The first kappa shape index (κ1) is 15.4. The average Bonchev–Trinajstić information content (AvgIpc) is 2.31. The monoisotopic (exact) mass is 234 g/mol. The normalized spacial score (nSPS) is 14.9. The third-order valence-electron chi connectivity index (χ3n) is 2.08. The van der Waals surface area contributed by atoms with E-state index in [2.05, 4.69) is 11.7 Å². The quantitative estimate of drug-likeness (QED) is 0.586. The van der Waals surface area contributed by atoms with Crippen LogP contribution in [0, 0.1) is 0 Å². The lowest BCUT2D eigenvalue weighted by atomic mass is 9.69. The topological polar surface area (TPSA) is 52.9 Å². The van der Waals surface area contributed by atoms with Crippen LogP contribution in [0.3, 0.4) is 0 Å². The molecule has 17 heavy (non-hydrogen) atoms. The van der Waals surface area contributed by atoms with Crippen molar-refractivity contribution >= 4 is 19.2 Å². The Bertz CT molecular complexity index is 373. The van der Waals surface area contributed by atoms with Crippen molar-refractivity contribution in [2.45, 2.75) is 27.7 Å². The second-order valence-corrected chi connectivity index (χ2v) is 3.21. The maximum absolute atomic E-state index is 11.1. The fraction of sp³-hybridized carbons (Fsp3) is 0.333. The molecule has 0 fully saturated rings. The molecule has 0 aromatic heterocycles. The molecule has 0 spiro atoms. The SMILES string of the molecule is C=C/C=C\C1=C(C)C=NN(C(C)=O)B1O.CC. The number of rotatable bonds is 2. The summed E-state index contributed by atoms with van der Waals surface area (Å²) in [5.41, 5.74) is 1.48. The second kappa shape index (κ2) is 7.62. The van der Waals surface area contributed by atoms with Crippen molar-refractivity contribution in [1.29, 1.82) is 0 Å². The fourth-order valence-corrected chi connectivity index (χ4v) is 1.26. The molecule has 1 amide bonds. The third-order valence-corrected chi connectivity index (χ3v) is 2.08. The highest BCUT2D eigenvalue weighted by molar-refractivity contribution is 6.60. The summed E-state index contributed by atoms with van der Waals surface area (Å²) in [5.74, 6) is -0.296. The van der Waals surface area contributed by atoms with Gasteiger partial charge in [0.05, 0.1) is 0 Å². The molecule has 1 rings (SSSR count). The molecular weight excluding hydrogens is 215 g/mol. The predicted octanol–water partition coefficient (Wildman–Crippen LogP) is 1.94. The van der Waals surface area contributed by atoms with Crippen LogP contribution in [0.5, 0.6) is 0 Å². The van der Waals surface area contributed by atoms with Gasteiger partial charge in [-0.05, 0) is 18.0 Å². The molecule has 5 heteroatoms. The summed E-state index contributed by atoms with van der Waals surface area (Å²) >= 11 is 0. The molecule has 0 aromatic carbocycles. The summed E-state index contributed by atoms with van der Waals surface area (Å²) in [4.78, 5) is 12.2. The molecule has 0 aromatic rings. The molecule has 0 bridgehead atoms. The second-order valence-electron chi connectivity index (χ2n) is 3.21. The first-order valence-corrected chi connectivity index (χ1v) is 5.59. The molecule has 0 unspecified atom stereocenters. The Labute approximate surface area is 103 Å². The lowest BCUT2D eigenvalue weighted by molar-refractivity contribution is -0.125. The first-order valence-electron chi connectivity index (χ1n) is 5.59. The average molecular weight is 234 g/mol. The van der Waals surface area contributed by atoms with E-state index < -0.39 is 7.05 Å². The lowest BCUT2D eigenvalue weighted by Crippen LogP contribution is -2.42. The van der Waals surface area contributed by atoms with Crippen molar-refractivity contribution in [1.82, 2.24) is 4.92 Å². The zero-order valence-corrected chi connectivity index (χ0v) is 10.8. The number of hydrazone groups is 1. The van der Waals surface area contributed by atoms with Gasteiger partial charge in [-0.25, -0.2) is 4.92 Å². The van der Waals surface area contributed by atoms with Crippen LogP contribution in [0.2, 0.25) is 0 Å². The van der Waals surface area contributed by atoms with Gasteiger partial charge in [0.2, 0.25) is 5.91 Å². The summed E-state index contributed by atoms with van der Waals surface area (Å²) in [5, 5.41) is 13.7. The van der Waals surface area contributed by atoms with Crippen molar-refractivity contribution in [2.24, 2.45) is 5.10 Å². The highest BCUT2D eigenvalue weighted by Gasteiger charge is 2.31. The van der Waals surface area contributed by atoms with Crippen LogP contribution in [0.25, 0.3) is 0 Å². The molecule has 0 aliphatic carbocycles. The van der Waals surface area contributed by atoms with E-state index in [1.165, 1.54) is 6.92 Å². The van der Waals surface area contributed by atoms with Crippen molar-refractivity contribution in [3.63, 3.8) is 0 Å². The van der Waals surface area contributed by atoms with Gasteiger partial charge in [-0.15, -0.1) is 0 Å². The summed E-state index contributed by atoms with van der Waals surface area (Å²) in [6, 6.07) is 0. The fourth-order valence-electron chi connectivity index (χ4n) is 1.26. The van der Waals surface area contributed by atoms with Gasteiger partial charge in [-0.1, -0.05) is 38.7 Å². The number of hydrogen-bond donors (Lipinski definition) is 1. The van der Waals surface area contributed by atoms with Crippen LogP contribution in [-0.4, -0.2) is 29.1 Å². The van der Waals surface area contributed by atoms with Gasteiger partial charge in [0.15, 0.2) is 0 Å². The lowest BCUT2D eigenvalue weighted by Gasteiger charge is -2.23. The minimum absolute atomic E-state index is 0.296. The number of allylic oxidation sites excluding steroid dienone is 5. The van der Waals surface area contributed by atoms with Crippen molar-refractivity contribution in [2.75, 3.05) is 0 Å². The van der Waals surface area contributed by atoms with Crippen LogP contribution in [-0.2, 0) is 4.79 Å². The molecule has 92 valence electrons. The van der Waals surface area contributed by atoms with E-state index in [1.807, 2.05) is 20.8 Å². The molecular formula is C12H19BN2O2. The van der Waals surface area contributed by atoms with Gasteiger partial charge < -0.3 is 5.02 Å². The minimum Gasteiger partial charge on any atom is -0.427 e. The maximum atomic E-state index is 11.1. The van der Waals surface area contributed by atoms with Crippen molar-refractivity contribution < 1.29 is 9.82 Å². The van der Waals surface area contributed by atoms with E-state index in [0.717, 1.165) is 10.5 Å². The molecule has 0 saturated carbocycles. The van der Waals surface area contributed by atoms with Gasteiger partial charge in [-0.2, -0.15) is 5.10 Å². The van der Waals surface area contributed by atoms with E-state index in [0.29, 0.717) is 5.47 Å². The van der Waals surface area contributed by atoms with Gasteiger partial charge in [0.25, 0.3) is 0 Å². The smallest absolute Gasteiger partial charge is 0.427 e. The summed E-state index contributed by atoms with van der Waals surface area (Å²) in [7, 11) is -1.01. The third kappa shape index (κ3) is 4.03. The highest BCUT2D eigenvalue weighted by atomic mass is 16.2. The number of carbonyl (C=O) groups excluding carboxylic acids is 1. The molecule has 0 saturated heterocycles. The highest BCUT2D eigenvalue weighted by Crippen LogP contribution is 2.15. The van der Waals surface area contributed by atoms with E-state index in [9.17, 15) is 9.82 Å². The molecule has 0 radical (unpaired) electrons. The minimum atomic E-state index is -1.01. The number of nitrogens with zero attached hydrogens (tertiary/aromatic N) is 2. The number of amides is 1. The Balaban J connectivity index is 0.00000121. The summed E-state index contributed by atoms with van der Waals surface area (Å²) < 4.78 is 0. The molecule has 4 nitrogen and oxygen atoms in total. The van der Waals surface area contributed by atoms with Crippen molar-refractivity contribution in [3.05, 3.63) is 35.9 Å². The summed E-state index contributed by atoms with van der Waals surface area (Å²) in [6.07, 6.45) is 6.58. The first-order chi connectivity index (χ1) is 8.07. The molecule has 1 aliphatic heterocycles. The zero-order valence-electron chi connectivity index (χ0n) is 10.8. The Morgan fingerprint density at radius 1 is 1.59 bits per heavy atom. The van der Waals surface area contributed by atoms with Crippen LogP contribution in [0.1, 0.15) is 27.7 Å². The Morgan fingerprint density at radius 3 is 2.65 bits per heavy atom. The Morgan fingerprint density at radius 2 is 2.18 bits per heavy atom. The predicted molar refractivity (Wildman–Crippen MR) is 72.4 cm³/mol. The van der Waals surface area contributed by atoms with Crippen molar-refractivity contribution in [3.8, 4) is 0 Å². The van der Waals surface area contributed by atoms with Gasteiger partial charge in [0.1, 0.15) is 0 Å². The Kier molecular flexibility index (Phi) is 6.90. The van der Waals surface area contributed by atoms with Gasteiger partial charge in [0, 0.05) is 13.1 Å². The molecule has 1 aliphatic rings. The van der Waals surface area contributed by atoms with E-state index in [4.69, 9.17) is 0 Å². The van der Waals surface area contributed by atoms with Crippen LogP contribution >= 0.6 is 0 Å². The van der Waals surface area contributed by atoms with E-state index in [1.54, 1.807) is 24.4 Å². The Hall–Kier alpha value is -1.62. The standard InChI is InChI=1S/C10H13BN2O2.C2H6/c1-4-5-6-10-8(2)7-12-13(9(3)14)11(10)15;1-2/h4-7,15H,1H2,2-3H3;1-2H3/b6-5-;. The zero-order chi connectivity index (χ0) is 13.4. The maximum Gasteiger partial charge on any atom is 0.474 e. The molecule has 1 N–H and O–H groups in total. The van der Waals surface area contributed by atoms with Crippen LogP contribution in [0.15, 0.2) is 41.0 Å². The number of carbonyl (C=O) groups is 1.